The van der Waals surface area contributed by atoms with Crippen molar-refractivity contribution in [1.82, 2.24) is 10.2 Å². The fraction of sp³-hybridized carbons (Fsp3) is 0.357. The van der Waals surface area contributed by atoms with Crippen molar-refractivity contribution in [2.45, 2.75) is 25.3 Å². The Balaban J connectivity index is 2.01. The predicted molar refractivity (Wildman–Crippen MR) is 80.3 cm³/mol. The van der Waals surface area contributed by atoms with E-state index in [0.717, 1.165) is 21.3 Å². The number of hydrogen-bond acceptors (Lipinski definition) is 3. The number of benzene rings is 1. The Morgan fingerprint density at radius 2 is 1.95 bits per heavy atom. The van der Waals surface area contributed by atoms with Crippen molar-refractivity contribution in [2.75, 3.05) is 6.54 Å². The lowest BCUT2D eigenvalue weighted by atomic mass is 10.1. The number of nitrogens with one attached hydrogen (secondary N) is 1. The van der Waals surface area contributed by atoms with Crippen LogP contribution in [0.3, 0.4) is 0 Å². The van der Waals surface area contributed by atoms with Crippen LogP contribution in [0.15, 0.2) is 18.2 Å². The molecule has 1 aromatic rings. The van der Waals surface area contributed by atoms with E-state index in [1.807, 2.05) is 22.6 Å². The third kappa shape index (κ3) is 2.02. The first kappa shape index (κ1) is 13.5. The summed E-state index contributed by atoms with van der Waals surface area (Å²) in [7, 11) is 0. The van der Waals surface area contributed by atoms with Crippen LogP contribution >= 0.6 is 22.6 Å². The van der Waals surface area contributed by atoms with Gasteiger partial charge in [-0.1, -0.05) is 6.07 Å². The van der Waals surface area contributed by atoms with Gasteiger partial charge in [0.25, 0.3) is 11.8 Å². The van der Waals surface area contributed by atoms with E-state index in [1.54, 1.807) is 18.2 Å². The maximum absolute atomic E-state index is 12.5. The van der Waals surface area contributed by atoms with Crippen LogP contribution < -0.4 is 5.32 Å². The summed E-state index contributed by atoms with van der Waals surface area (Å²) in [5.74, 6) is -0.936. The number of hydrogen-bond donors (Lipinski definition) is 1. The summed E-state index contributed by atoms with van der Waals surface area (Å²) in [5.41, 5.74) is 0.828. The molecule has 3 rings (SSSR count). The molecule has 0 unspecified atom stereocenters. The molecule has 2 aliphatic heterocycles. The Labute approximate surface area is 129 Å². The molecule has 1 atom stereocenters. The highest BCUT2D eigenvalue weighted by Crippen LogP contribution is 2.30. The van der Waals surface area contributed by atoms with Crippen LogP contribution in [0.2, 0.25) is 0 Å². The number of carbonyl (C=O) groups excluding carboxylic acids is 3. The van der Waals surface area contributed by atoms with Crippen LogP contribution in [0.5, 0.6) is 0 Å². The van der Waals surface area contributed by atoms with E-state index in [4.69, 9.17) is 0 Å². The highest BCUT2D eigenvalue weighted by atomic mass is 127. The Morgan fingerprint density at radius 3 is 2.70 bits per heavy atom. The summed E-state index contributed by atoms with van der Waals surface area (Å²) in [4.78, 5) is 38.1. The normalized spacial score (nSPS) is 22.6. The number of fused-ring (bicyclic) bond motifs is 1. The zero-order valence-corrected chi connectivity index (χ0v) is 12.8. The molecule has 1 saturated heterocycles. The second-order valence-corrected chi connectivity index (χ2v) is 6.11. The fourth-order valence-electron chi connectivity index (χ4n) is 2.71. The molecule has 0 spiro atoms. The molecular formula is C14H13IN2O3. The van der Waals surface area contributed by atoms with Crippen LogP contribution in [0.4, 0.5) is 0 Å². The Hall–Kier alpha value is -1.44. The van der Waals surface area contributed by atoms with E-state index < -0.39 is 6.04 Å². The van der Waals surface area contributed by atoms with Crippen molar-refractivity contribution in [1.29, 1.82) is 0 Å². The van der Waals surface area contributed by atoms with Crippen molar-refractivity contribution in [2.24, 2.45) is 0 Å². The topological polar surface area (TPSA) is 66.5 Å². The minimum Gasteiger partial charge on any atom is -0.354 e. The van der Waals surface area contributed by atoms with Gasteiger partial charge in [-0.25, -0.2) is 0 Å². The van der Waals surface area contributed by atoms with Gasteiger partial charge in [-0.05, 0) is 54.0 Å². The van der Waals surface area contributed by atoms with E-state index >= 15 is 0 Å². The molecule has 0 aliphatic carbocycles. The fourth-order valence-corrected chi connectivity index (χ4v) is 3.44. The van der Waals surface area contributed by atoms with Gasteiger partial charge in [0.05, 0.1) is 11.1 Å². The molecule has 5 nitrogen and oxygen atoms in total. The van der Waals surface area contributed by atoms with Gasteiger partial charge in [-0.15, -0.1) is 0 Å². The van der Waals surface area contributed by atoms with Crippen molar-refractivity contribution in [3.8, 4) is 0 Å². The number of rotatable bonds is 1. The first-order valence-electron chi connectivity index (χ1n) is 6.55. The van der Waals surface area contributed by atoms with Gasteiger partial charge < -0.3 is 5.32 Å². The van der Waals surface area contributed by atoms with Crippen molar-refractivity contribution in [3.63, 3.8) is 0 Å². The van der Waals surface area contributed by atoms with Crippen molar-refractivity contribution in [3.05, 3.63) is 32.9 Å². The molecule has 104 valence electrons. The average molecular weight is 384 g/mol. The first-order chi connectivity index (χ1) is 9.61. The van der Waals surface area contributed by atoms with Crippen LogP contribution in [0, 0.1) is 3.57 Å². The molecule has 2 heterocycles. The van der Waals surface area contributed by atoms with Gasteiger partial charge in [0.2, 0.25) is 5.91 Å². The van der Waals surface area contributed by atoms with E-state index in [1.165, 1.54) is 0 Å². The largest absolute Gasteiger partial charge is 0.354 e. The predicted octanol–water partition coefficient (Wildman–Crippen LogP) is 1.56. The molecule has 0 radical (unpaired) electrons. The van der Waals surface area contributed by atoms with Crippen molar-refractivity contribution < 1.29 is 14.4 Å². The maximum Gasteiger partial charge on any atom is 0.263 e. The standard InChI is InChI=1S/C14H13IN2O3/c15-9-5-3-4-8-11(9)14(20)17(13(8)19)10-6-1-2-7-16-12(10)18/h3-5,10H,1-2,6-7H2,(H,16,18)/t10-/m0/s1. The molecular weight excluding hydrogens is 371 g/mol. The van der Waals surface area contributed by atoms with Crippen LogP contribution in [-0.2, 0) is 4.79 Å². The Bertz CT molecular complexity index is 614. The summed E-state index contributed by atoms with van der Waals surface area (Å²) >= 11 is 2.04. The lowest BCUT2D eigenvalue weighted by molar-refractivity contribution is -0.124. The molecule has 1 fully saturated rings. The lowest BCUT2D eigenvalue weighted by Crippen LogP contribution is -2.48. The van der Waals surface area contributed by atoms with E-state index in [2.05, 4.69) is 5.32 Å². The van der Waals surface area contributed by atoms with Gasteiger partial charge in [0.1, 0.15) is 6.04 Å². The molecule has 3 amide bonds. The lowest BCUT2D eigenvalue weighted by Gasteiger charge is -2.23. The second-order valence-electron chi connectivity index (χ2n) is 4.95. The minimum absolute atomic E-state index is 0.230. The zero-order valence-electron chi connectivity index (χ0n) is 10.7. The second kappa shape index (κ2) is 5.16. The van der Waals surface area contributed by atoms with Crippen LogP contribution in [0.25, 0.3) is 0 Å². The van der Waals surface area contributed by atoms with E-state index in [9.17, 15) is 14.4 Å². The first-order valence-corrected chi connectivity index (χ1v) is 7.63. The summed E-state index contributed by atoms with van der Waals surface area (Å²) in [6, 6.07) is 4.51. The molecule has 6 heteroatoms. The van der Waals surface area contributed by atoms with E-state index in [-0.39, 0.29) is 17.7 Å². The maximum atomic E-state index is 12.5. The molecule has 0 bridgehead atoms. The number of amides is 3. The summed E-state index contributed by atoms with van der Waals surface area (Å²) in [6.45, 7) is 0.607. The number of halogens is 1. The smallest absolute Gasteiger partial charge is 0.263 e. The van der Waals surface area contributed by atoms with Crippen LogP contribution in [-0.4, -0.2) is 35.2 Å². The van der Waals surface area contributed by atoms with Gasteiger partial charge in [-0.3, -0.25) is 19.3 Å². The Morgan fingerprint density at radius 1 is 1.15 bits per heavy atom. The van der Waals surface area contributed by atoms with E-state index in [0.29, 0.717) is 24.1 Å². The molecule has 20 heavy (non-hydrogen) atoms. The Kier molecular flexibility index (Phi) is 3.49. The van der Waals surface area contributed by atoms with Gasteiger partial charge in [0, 0.05) is 10.1 Å². The number of imide groups is 1. The SMILES string of the molecule is O=C1NCCCC[C@@H]1N1C(=O)c2cccc(I)c2C1=O. The summed E-state index contributed by atoms with van der Waals surface area (Å²) in [6.07, 6.45) is 2.24. The van der Waals surface area contributed by atoms with Crippen LogP contribution in [0.1, 0.15) is 40.0 Å². The third-order valence-corrected chi connectivity index (χ3v) is 4.61. The molecule has 2 aliphatic rings. The van der Waals surface area contributed by atoms with Crippen molar-refractivity contribution >= 4 is 40.3 Å². The number of nitrogens with zero attached hydrogens (tertiary/aromatic N) is 1. The molecule has 1 N–H and O–H groups in total. The summed E-state index contributed by atoms with van der Waals surface area (Å²) in [5, 5.41) is 2.77. The minimum atomic E-state index is -0.680. The third-order valence-electron chi connectivity index (χ3n) is 3.71. The van der Waals surface area contributed by atoms with Gasteiger partial charge >= 0.3 is 0 Å². The quantitative estimate of drug-likeness (QED) is 0.591. The van der Waals surface area contributed by atoms with Gasteiger partial charge in [0.15, 0.2) is 0 Å². The molecule has 0 aromatic heterocycles. The zero-order chi connectivity index (χ0) is 14.3. The highest BCUT2D eigenvalue weighted by molar-refractivity contribution is 14.1. The van der Waals surface area contributed by atoms with Gasteiger partial charge in [-0.2, -0.15) is 0 Å². The highest BCUT2D eigenvalue weighted by Gasteiger charge is 2.43. The summed E-state index contributed by atoms with van der Waals surface area (Å²) < 4.78 is 0.745. The number of carbonyl (C=O) groups is 3. The molecule has 1 aromatic carbocycles. The monoisotopic (exact) mass is 384 g/mol. The molecule has 0 saturated carbocycles. The average Bonchev–Trinajstić information content (AvgIpc) is 2.57.